The fourth-order valence-electron chi connectivity index (χ4n) is 6.94. The van der Waals surface area contributed by atoms with Crippen LogP contribution in [0.5, 0.6) is 0 Å². The number of furan rings is 1. The third kappa shape index (κ3) is 5.53. The van der Waals surface area contributed by atoms with Crippen molar-refractivity contribution in [2.75, 3.05) is 4.90 Å². The number of rotatable bonds is 7. The van der Waals surface area contributed by atoms with Crippen molar-refractivity contribution in [3.63, 3.8) is 0 Å². The fourth-order valence-corrected chi connectivity index (χ4v) is 6.94. The van der Waals surface area contributed by atoms with Crippen molar-refractivity contribution in [3.8, 4) is 44.5 Å². The zero-order chi connectivity index (χ0) is 33.3. The van der Waals surface area contributed by atoms with E-state index in [-0.39, 0.29) is 0 Å². The van der Waals surface area contributed by atoms with E-state index in [1.165, 1.54) is 33.4 Å². The summed E-state index contributed by atoms with van der Waals surface area (Å²) < 4.78 is 6.51. The topological polar surface area (TPSA) is 16.4 Å². The first-order valence-corrected chi connectivity index (χ1v) is 17.0. The normalized spacial score (nSPS) is 11.2. The van der Waals surface area contributed by atoms with Gasteiger partial charge in [-0.15, -0.1) is 0 Å². The molecule has 0 aliphatic carbocycles. The Hall–Kier alpha value is -6.64. The van der Waals surface area contributed by atoms with Gasteiger partial charge in [0.05, 0.1) is 5.69 Å². The molecule has 0 amide bonds. The molecule has 9 rings (SSSR count). The number of hydrogen-bond donors (Lipinski definition) is 0. The number of para-hydroxylation sites is 1. The summed E-state index contributed by atoms with van der Waals surface area (Å²) in [6.07, 6.45) is 0. The van der Waals surface area contributed by atoms with E-state index < -0.39 is 0 Å². The first kappa shape index (κ1) is 29.5. The van der Waals surface area contributed by atoms with Crippen molar-refractivity contribution in [2.24, 2.45) is 0 Å². The second-order valence-electron chi connectivity index (χ2n) is 12.6. The van der Waals surface area contributed by atoms with E-state index in [2.05, 4.69) is 193 Å². The van der Waals surface area contributed by atoms with E-state index in [9.17, 15) is 0 Å². The van der Waals surface area contributed by atoms with Gasteiger partial charge >= 0.3 is 0 Å². The molecule has 2 heteroatoms. The van der Waals surface area contributed by atoms with Gasteiger partial charge in [-0.1, -0.05) is 158 Å². The lowest BCUT2D eigenvalue weighted by Gasteiger charge is -2.28. The molecule has 0 saturated heterocycles. The van der Waals surface area contributed by atoms with Gasteiger partial charge in [0.15, 0.2) is 0 Å². The Morgan fingerprint density at radius 2 is 0.700 bits per heavy atom. The highest BCUT2D eigenvalue weighted by atomic mass is 16.3. The average molecular weight is 640 g/mol. The Labute approximate surface area is 292 Å². The van der Waals surface area contributed by atoms with Crippen molar-refractivity contribution in [1.29, 1.82) is 0 Å². The van der Waals surface area contributed by atoms with Gasteiger partial charge in [-0.2, -0.15) is 0 Å². The van der Waals surface area contributed by atoms with E-state index in [1.54, 1.807) is 0 Å². The molecule has 236 valence electrons. The predicted octanol–water partition coefficient (Wildman–Crippen LogP) is 13.7. The minimum absolute atomic E-state index is 0.859. The van der Waals surface area contributed by atoms with Crippen LogP contribution in [0.15, 0.2) is 205 Å². The Bertz CT molecular complexity index is 2450. The Kier molecular flexibility index (Phi) is 7.53. The average Bonchev–Trinajstić information content (AvgIpc) is 3.57. The number of nitrogens with zero attached hydrogens (tertiary/aromatic N) is 1. The molecule has 0 radical (unpaired) electrons. The van der Waals surface area contributed by atoms with Crippen LogP contribution in [0.3, 0.4) is 0 Å². The van der Waals surface area contributed by atoms with Gasteiger partial charge in [-0.05, 0) is 75.3 Å². The monoisotopic (exact) mass is 639 g/mol. The van der Waals surface area contributed by atoms with Crippen LogP contribution in [0, 0.1) is 0 Å². The molecular weight excluding hydrogens is 607 g/mol. The molecule has 9 aromatic rings. The highest BCUT2D eigenvalue weighted by Crippen LogP contribution is 2.45. The van der Waals surface area contributed by atoms with Gasteiger partial charge in [-0.3, -0.25) is 0 Å². The maximum Gasteiger partial charge on any atom is 0.137 e. The Morgan fingerprint density at radius 1 is 0.300 bits per heavy atom. The molecule has 0 aliphatic rings. The SMILES string of the molecule is c1ccc(-c2ccc(-c3cc4c(cc3N(c3ccc(-c5ccccc5)cc3)c3ccc(-c5ccccc5)cc3)oc3ccccc34)cc2)cc1. The summed E-state index contributed by atoms with van der Waals surface area (Å²) in [7, 11) is 0. The lowest BCUT2D eigenvalue weighted by molar-refractivity contribution is 0.669. The van der Waals surface area contributed by atoms with Crippen LogP contribution in [-0.2, 0) is 0 Å². The summed E-state index contributed by atoms with van der Waals surface area (Å²) in [6.45, 7) is 0. The van der Waals surface area contributed by atoms with Crippen LogP contribution < -0.4 is 4.90 Å². The second-order valence-corrected chi connectivity index (χ2v) is 12.6. The molecule has 0 unspecified atom stereocenters. The number of fused-ring (bicyclic) bond motifs is 3. The molecule has 1 aromatic heterocycles. The minimum Gasteiger partial charge on any atom is -0.456 e. The van der Waals surface area contributed by atoms with Crippen LogP contribution in [0.2, 0.25) is 0 Å². The van der Waals surface area contributed by atoms with Gasteiger partial charge in [0, 0.05) is 33.8 Å². The molecule has 0 fully saturated rings. The summed E-state index contributed by atoms with van der Waals surface area (Å²) in [5.41, 5.74) is 14.3. The predicted molar refractivity (Wildman–Crippen MR) is 210 cm³/mol. The first-order chi connectivity index (χ1) is 24.8. The summed E-state index contributed by atoms with van der Waals surface area (Å²) in [5.74, 6) is 0. The van der Waals surface area contributed by atoms with Crippen LogP contribution in [-0.4, -0.2) is 0 Å². The molecule has 50 heavy (non-hydrogen) atoms. The van der Waals surface area contributed by atoms with Gasteiger partial charge in [0.2, 0.25) is 0 Å². The molecule has 0 bridgehead atoms. The number of hydrogen-bond acceptors (Lipinski definition) is 2. The maximum atomic E-state index is 6.51. The van der Waals surface area contributed by atoms with Crippen LogP contribution in [0.4, 0.5) is 17.1 Å². The van der Waals surface area contributed by atoms with Crippen molar-refractivity contribution < 1.29 is 4.42 Å². The molecule has 8 aromatic carbocycles. The van der Waals surface area contributed by atoms with Gasteiger partial charge in [0.1, 0.15) is 11.2 Å². The number of anilines is 3. The zero-order valence-corrected chi connectivity index (χ0v) is 27.4. The van der Waals surface area contributed by atoms with Gasteiger partial charge in [0.25, 0.3) is 0 Å². The quantitative estimate of drug-likeness (QED) is 0.173. The van der Waals surface area contributed by atoms with E-state index in [0.717, 1.165) is 50.1 Å². The first-order valence-electron chi connectivity index (χ1n) is 17.0. The molecular formula is C48H33NO. The summed E-state index contributed by atoms with van der Waals surface area (Å²) in [5, 5.41) is 2.22. The highest BCUT2D eigenvalue weighted by molar-refractivity contribution is 6.09. The van der Waals surface area contributed by atoms with Crippen LogP contribution in [0.25, 0.3) is 66.4 Å². The summed E-state index contributed by atoms with van der Waals surface area (Å²) >= 11 is 0. The standard InChI is InChI=1S/C48H33NO/c1-4-12-34(13-5-1)37-20-22-40(23-21-37)44-32-45-43-18-10-11-19-47(43)50-48(45)33-46(44)49(41-28-24-38(25-29-41)35-14-6-2-7-15-35)42-30-26-39(27-31-42)36-16-8-3-9-17-36/h1-33H. The van der Waals surface area contributed by atoms with Gasteiger partial charge in [-0.25, -0.2) is 0 Å². The second kappa shape index (κ2) is 12.8. The minimum atomic E-state index is 0.859. The maximum absolute atomic E-state index is 6.51. The molecule has 2 nitrogen and oxygen atoms in total. The molecule has 0 spiro atoms. The van der Waals surface area contributed by atoms with Crippen molar-refractivity contribution in [1.82, 2.24) is 0 Å². The molecule has 0 saturated carbocycles. The third-order valence-electron chi connectivity index (χ3n) is 9.50. The Balaban J connectivity index is 1.25. The molecule has 1 heterocycles. The van der Waals surface area contributed by atoms with E-state index in [1.807, 2.05) is 12.1 Å². The molecule has 0 N–H and O–H groups in total. The van der Waals surface area contributed by atoms with Crippen molar-refractivity contribution in [2.45, 2.75) is 0 Å². The fraction of sp³-hybridized carbons (Fsp3) is 0. The van der Waals surface area contributed by atoms with Crippen LogP contribution >= 0.6 is 0 Å². The largest absolute Gasteiger partial charge is 0.456 e. The van der Waals surface area contributed by atoms with E-state index >= 15 is 0 Å². The Morgan fingerprint density at radius 3 is 1.20 bits per heavy atom. The lowest BCUT2D eigenvalue weighted by Crippen LogP contribution is -2.11. The van der Waals surface area contributed by atoms with E-state index in [4.69, 9.17) is 4.42 Å². The van der Waals surface area contributed by atoms with Crippen molar-refractivity contribution >= 4 is 39.0 Å². The summed E-state index contributed by atoms with van der Waals surface area (Å²) in [6, 6.07) is 71.1. The van der Waals surface area contributed by atoms with Crippen LogP contribution in [0.1, 0.15) is 0 Å². The van der Waals surface area contributed by atoms with E-state index in [0.29, 0.717) is 0 Å². The highest BCUT2D eigenvalue weighted by Gasteiger charge is 2.21. The van der Waals surface area contributed by atoms with Gasteiger partial charge < -0.3 is 9.32 Å². The molecule has 0 atom stereocenters. The molecule has 0 aliphatic heterocycles. The zero-order valence-electron chi connectivity index (χ0n) is 27.4. The smallest absolute Gasteiger partial charge is 0.137 e. The lowest BCUT2D eigenvalue weighted by atomic mass is 9.96. The third-order valence-corrected chi connectivity index (χ3v) is 9.50. The van der Waals surface area contributed by atoms with Crippen molar-refractivity contribution in [3.05, 3.63) is 200 Å². The number of benzene rings is 8. The summed E-state index contributed by atoms with van der Waals surface area (Å²) in [4.78, 5) is 2.36.